The molecule has 0 saturated carbocycles. The molecule has 8 nitrogen and oxygen atoms in total. The van der Waals surface area contributed by atoms with E-state index in [4.69, 9.17) is 34.8 Å². The quantitative estimate of drug-likeness (QED) is 0.537. The van der Waals surface area contributed by atoms with Gasteiger partial charge < -0.3 is 15.3 Å². The van der Waals surface area contributed by atoms with Gasteiger partial charge in [-0.3, -0.25) is 9.69 Å². The maximum atomic E-state index is 12.9. The number of amides is 2. The fourth-order valence-electron chi connectivity index (χ4n) is 4.64. The van der Waals surface area contributed by atoms with Crippen molar-refractivity contribution in [1.82, 2.24) is 19.8 Å². The molecule has 2 amide bonds. The van der Waals surface area contributed by atoms with Gasteiger partial charge in [0.05, 0.1) is 12.2 Å². The molecule has 4 rings (SSSR count). The Morgan fingerprint density at radius 1 is 1.12 bits per heavy atom. The van der Waals surface area contributed by atoms with E-state index < -0.39 is 12.1 Å². The van der Waals surface area contributed by atoms with Gasteiger partial charge in [0.1, 0.15) is 22.7 Å². The third-order valence-electron chi connectivity index (χ3n) is 6.50. The third kappa shape index (κ3) is 5.34. The van der Waals surface area contributed by atoms with Crippen molar-refractivity contribution >= 4 is 52.6 Å². The molecule has 1 aromatic carbocycles. The molecule has 0 spiro atoms. The zero-order chi connectivity index (χ0) is 24.4. The number of anilines is 1. The van der Waals surface area contributed by atoms with Crippen molar-refractivity contribution < 1.29 is 14.7 Å². The van der Waals surface area contributed by atoms with E-state index in [0.717, 1.165) is 5.56 Å². The topological polar surface area (TPSA) is 98.7 Å². The number of nitrogens with zero attached hydrogens (tertiary/aromatic N) is 4. The molecular weight excluding hydrogens is 501 g/mol. The number of carboxylic acid groups (broad SMARTS) is 1. The minimum Gasteiger partial charge on any atom is -0.465 e. The van der Waals surface area contributed by atoms with Crippen molar-refractivity contribution in [3.8, 4) is 0 Å². The SMILES string of the molecule is C[C@@H](Nc1nc(C2CCN(C(=O)[C@H]3CCCN3C(=O)O)CC2)ncc1Cl)c1ccc(Cl)cc1Cl. The molecule has 2 N–H and O–H groups in total. The Bertz CT molecular complexity index is 1080. The number of likely N-dealkylation sites (tertiary alicyclic amines) is 2. The van der Waals surface area contributed by atoms with Crippen LogP contribution in [0.1, 0.15) is 56.0 Å². The van der Waals surface area contributed by atoms with E-state index in [2.05, 4.69) is 15.3 Å². The molecule has 2 fully saturated rings. The van der Waals surface area contributed by atoms with Crippen LogP contribution >= 0.6 is 34.8 Å². The van der Waals surface area contributed by atoms with E-state index in [-0.39, 0.29) is 17.9 Å². The smallest absolute Gasteiger partial charge is 0.407 e. The van der Waals surface area contributed by atoms with Crippen LogP contribution < -0.4 is 5.32 Å². The number of piperidine rings is 1. The highest BCUT2D eigenvalue weighted by molar-refractivity contribution is 6.35. The van der Waals surface area contributed by atoms with Crippen molar-refractivity contribution in [3.05, 3.63) is 50.9 Å². The number of nitrogens with one attached hydrogen (secondary N) is 1. The molecular formula is C23H26Cl3N5O3. The van der Waals surface area contributed by atoms with Crippen LogP contribution in [-0.4, -0.2) is 62.6 Å². The maximum absolute atomic E-state index is 12.9. The second-order valence-corrected chi connectivity index (χ2v) is 9.94. The van der Waals surface area contributed by atoms with Crippen molar-refractivity contribution in [1.29, 1.82) is 0 Å². The van der Waals surface area contributed by atoms with Gasteiger partial charge in [0.15, 0.2) is 0 Å². The molecule has 2 aliphatic heterocycles. The van der Waals surface area contributed by atoms with Crippen LogP contribution in [0.2, 0.25) is 15.1 Å². The lowest BCUT2D eigenvalue weighted by Crippen LogP contribution is -2.49. The summed E-state index contributed by atoms with van der Waals surface area (Å²) in [5, 5.41) is 14.2. The maximum Gasteiger partial charge on any atom is 0.407 e. The lowest BCUT2D eigenvalue weighted by atomic mass is 9.95. The monoisotopic (exact) mass is 525 g/mol. The third-order valence-corrected chi connectivity index (χ3v) is 7.34. The van der Waals surface area contributed by atoms with Crippen LogP contribution in [0.3, 0.4) is 0 Å². The zero-order valence-corrected chi connectivity index (χ0v) is 20.9. The average Bonchev–Trinajstić information content (AvgIpc) is 3.30. The Hall–Kier alpha value is -2.29. The van der Waals surface area contributed by atoms with Gasteiger partial charge in [-0.05, 0) is 50.3 Å². The fourth-order valence-corrected chi connectivity index (χ4v) is 5.35. The van der Waals surface area contributed by atoms with Gasteiger partial charge in [0.2, 0.25) is 5.91 Å². The van der Waals surface area contributed by atoms with E-state index in [1.165, 1.54) is 4.90 Å². The first-order valence-corrected chi connectivity index (χ1v) is 12.4. The predicted molar refractivity (Wildman–Crippen MR) is 132 cm³/mol. The Kier molecular flexibility index (Phi) is 7.70. The van der Waals surface area contributed by atoms with Gasteiger partial charge >= 0.3 is 6.09 Å². The van der Waals surface area contributed by atoms with Crippen LogP contribution in [0.5, 0.6) is 0 Å². The number of hydrogen-bond donors (Lipinski definition) is 2. The van der Waals surface area contributed by atoms with E-state index >= 15 is 0 Å². The number of carbonyl (C=O) groups excluding carboxylic acids is 1. The summed E-state index contributed by atoms with van der Waals surface area (Å²) in [5.41, 5.74) is 0.872. The van der Waals surface area contributed by atoms with Crippen LogP contribution in [0.25, 0.3) is 0 Å². The lowest BCUT2D eigenvalue weighted by Gasteiger charge is -2.34. The first-order chi connectivity index (χ1) is 16.2. The Labute approximate surface area is 213 Å². The molecule has 11 heteroatoms. The summed E-state index contributed by atoms with van der Waals surface area (Å²) in [4.78, 5) is 36.4. The van der Waals surface area contributed by atoms with Gasteiger partial charge in [-0.15, -0.1) is 0 Å². The van der Waals surface area contributed by atoms with Crippen molar-refractivity contribution in [3.63, 3.8) is 0 Å². The first-order valence-electron chi connectivity index (χ1n) is 11.3. The van der Waals surface area contributed by atoms with Crippen molar-refractivity contribution in [2.24, 2.45) is 0 Å². The summed E-state index contributed by atoms with van der Waals surface area (Å²) in [6.45, 7) is 3.45. The number of carbonyl (C=O) groups is 2. The summed E-state index contributed by atoms with van der Waals surface area (Å²) >= 11 is 18.7. The minimum absolute atomic E-state index is 0.0791. The lowest BCUT2D eigenvalue weighted by molar-refractivity contribution is -0.136. The molecule has 1 aromatic heterocycles. The summed E-state index contributed by atoms with van der Waals surface area (Å²) < 4.78 is 0. The molecule has 3 heterocycles. The molecule has 34 heavy (non-hydrogen) atoms. The highest BCUT2D eigenvalue weighted by atomic mass is 35.5. The van der Waals surface area contributed by atoms with Crippen LogP contribution in [0.4, 0.5) is 10.6 Å². The van der Waals surface area contributed by atoms with Gasteiger partial charge in [0.25, 0.3) is 0 Å². The Morgan fingerprint density at radius 2 is 1.85 bits per heavy atom. The molecule has 2 saturated heterocycles. The molecule has 2 atom stereocenters. The summed E-state index contributed by atoms with van der Waals surface area (Å²) in [6.07, 6.45) is 3.25. The average molecular weight is 527 g/mol. The minimum atomic E-state index is -1.03. The summed E-state index contributed by atoms with van der Waals surface area (Å²) in [6, 6.07) is 4.61. The number of rotatable bonds is 5. The number of benzene rings is 1. The largest absolute Gasteiger partial charge is 0.465 e. The second kappa shape index (κ2) is 10.5. The zero-order valence-electron chi connectivity index (χ0n) is 18.7. The van der Waals surface area contributed by atoms with Crippen molar-refractivity contribution in [2.75, 3.05) is 25.0 Å². The van der Waals surface area contributed by atoms with Gasteiger partial charge in [-0.2, -0.15) is 0 Å². The molecule has 0 unspecified atom stereocenters. The van der Waals surface area contributed by atoms with Gasteiger partial charge in [-0.1, -0.05) is 40.9 Å². The van der Waals surface area contributed by atoms with Crippen LogP contribution in [-0.2, 0) is 4.79 Å². The van der Waals surface area contributed by atoms with E-state index in [9.17, 15) is 14.7 Å². The van der Waals surface area contributed by atoms with E-state index in [0.29, 0.717) is 72.0 Å². The second-order valence-electron chi connectivity index (χ2n) is 8.69. The molecule has 2 aliphatic rings. The standard InChI is InChI=1S/C23H26Cl3N5O3/c1-13(16-5-4-15(24)11-17(16)25)28-21-18(26)12-27-20(29-21)14-6-9-30(10-7-14)22(32)19-3-2-8-31(19)23(33)34/h4-5,11-14,19H,2-3,6-10H2,1H3,(H,33,34)(H,27,28,29)/t13-,19-/m1/s1. The number of halogens is 3. The molecule has 0 bridgehead atoms. The summed E-state index contributed by atoms with van der Waals surface area (Å²) in [7, 11) is 0. The van der Waals surface area contributed by atoms with Crippen LogP contribution in [0, 0.1) is 0 Å². The fraction of sp³-hybridized carbons (Fsp3) is 0.478. The molecule has 0 aliphatic carbocycles. The van der Waals surface area contributed by atoms with Gasteiger partial charge in [0, 0.05) is 35.6 Å². The number of aromatic nitrogens is 2. The molecule has 182 valence electrons. The summed E-state index contributed by atoms with van der Waals surface area (Å²) in [5.74, 6) is 1.16. The molecule has 2 aromatic rings. The van der Waals surface area contributed by atoms with Crippen LogP contribution in [0.15, 0.2) is 24.4 Å². The normalized spacial score (nSPS) is 19.8. The molecule has 0 radical (unpaired) electrons. The highest BCUT2D eigenvalue weighted by Gasteiger charge is 2.38. The Morgan fingerprint density at radius 3 is 2.53 bits per heavy atom. The first kappa shape index (κ1) is 24.8. The predicted octanol–water partition coefficient (Wildman–Crippen LogP) is 5.46. The van der Waals surface area contributed by atoms with Crippen molar-refractivity contribution in [2.45, 2.75) is 50.6 Å². The highest BCUT2D eigenvalue weighted by Crippen LogP contribution is 2.33. The van der Waals surface area contributed by atoms with Gasteiger partial charge in [-0.25, -0.2) is 14.8 Å². The number of hydrogen-bond acceptors (Lipinski definition) is 5. The van der Waals surface area contributed by atoms with E-state index in [1.807, 2.05) is 13.0 Å². The Balaban J connectivity index is 1.40. The van der Waals surface area contributed by atoms with E-state index in [1.54, 1.807) is 23.2 Å².